The lowest BCUT2D eigenvalue weighted by Crippen LogP contribution is -2.24. The number of nitrogens with two attached hydrogens (primary N) is 1. The lowest BCUT2D eigenvalue weighted by molar-refractivity contribution is 0.656. The molecule has 1 saturated carbocycles. The molecular formula is C13H14BrN3O. The second kappa shape index (κ2) is 4.31. The highest BCUT2D eigenvalue weighted by Crippen LogP contribution is 2.33. The van der Waals surface area contributed by atoms with Crippen molar-refractivity contribution in [3.05, 3.63) is 51.1 Å². The first-order valence-corrected chi connectivity index (χ1v) is 6.76. The fourth-order valence-corrected chi connectivity index (χ4v) is 2.60. The Hall–Kier alpha value is -1.49. The van der Waals surface area contributed by atoms with E-state index in [0.717, 1.165) is 22.9 Å². The molecule has 0 aliphatic heterocycles. The molecule has 0 unspecified atom stereocenters. The van der Waals surface area contributed by atoms with Gasteiger partial charge in [0.15, 0.2) is 0 Å². The zero-order valence-electron chi connectivity index (χ0n) is 9.84. The Labute approximate surface area is 113 Å². The Kier molecular flexibility index (Phi) is 2.78. The van der Waals surface area contributed by atoms with E-state index in [-0.39, 0.29) is 5.69 Å². The van der Waals surface area contributed by atoms with Gasteiger partial charge in [-0.15, -0.1) is 0 Å². The molecule has 1 aliphatic carbocycles. The van der Waals surface area contributed by atoms with E-state index in [1.54, 1.807) is 4.57 Å². The van der Waals surface area contributed by atoms with E-state index in [9.17, 15) is 4.79 Å². The van der Waals surface area contributed by atoms with Crippen molar-refractivity contribution in [2.24, 2.45) is 0 Å². The zero-order valence-corrected chi connectivity index (χ0v) is 11.4. The lowest BCUT2D eigenvalue weighted by atomic mass is 10.2. The minimum Gasteiger partial charge on any atom is -0.398 e. The van der Waals surface area contributed by atoms with Crippen LogP contribution in [-0.4, -0.2) is 9.13 Å². The predicted molar refractivity (Wildman–Crippen MR) is 74.6 cm³/mol. The summed E-state index contributed by atoms with van der Waals surface area (Å²) in [5, 5.41) is 0. The molecule has 0 atom stereocenters. The summed E-state index contributed by atoms with van der Waals surface area (Å²) < 4.78 is 4.45. The summed E-state index contributed by atoms with van der Waals surface area (Å²) in [5.74, 6) is 0. The van der Waals surface area contributed by atoms with Gasteiger partial charge in [-0.05, 0) is 25.0 Å². The third-order valence-corrected chi connectivity index (χ3v) is 4.04. The predicted octanol–water partition coefficient (Wildman–Crippen LogP) is 2.38. The van der Waals surface area contributed by atoms with Crippen molar-refractivity contribution >= 4 is 21.6 Å². The van der Waals surface area contributed by atoms with Gasteiger partial charge in [-0.3, -0.25) is 9.13 Å². The topological polar surface area (TPSA) is 52.9 Å². The van der Waals surface area contributed by atoms with Crippen LogP contribution in [0.4, 0.5) is 5.69 Å². The fourth-order valence-electron chi connectivity index (χ4n) is 2.09. The molecule has 0 spiro atoms. The van der Waals surface area contributed by atoms with Crippen LogP contribution in [0.2, 0.25) is 0 Å². The Balaban J connectivity index is 1.95. The second-order valence-corrected chi connectivity index (χ2v) is 5.51. The highest BCUT2D eigenvalue weighted by molar-refractivity contribution is 9.10. The number of imidazole rings is 1. The second-order valence-electron chi connectivity index (χ2n) is 4.65. The van der Waals surface area contributed by atoms with Crippen molar-refractivity contribution in [2.45, 2.75) is 25.4 Å². The van der Waals surface area contributed by atoms with E-state index in [0.29, 0.717) is 18.3 Å². The van der Waals surface area contributed by atoms with Crippen LogP contribution in [0.15, 0.2) is 39.9 Å². The standard InChI is InChI=1S/C13H14BrN3O/c14-11-2-1-3-12(15)10(11)8-16-6-7-17(13(16)18)9-4-5-9/h1-3,6-7,9H,4-5,8,15H2. The maximum Gasteiger partial charge on any atom is 0.328 e. The quantitative estimate of drug-likeness (QED) is 0.885. The molecule has 1 fully saturated rings. The van der Waals surface area contributed by atoms with E-state index in [2.05, 4.69) is 15.9 Å². The number of anilines is 1. The zero-order chi connectivity index (χ0) is 12.7. The monoisotopic (exact) mass is 307 g/mol. The van der Waals surface area contributed by atoms with Gasteiger partial charge in [0.05, 0.1) is 6.54 Å². The third kappa shape index (κ3) is 1.99. The number of hydrogen-bond donors (Lipinski definition) is 1. The number of nitrogen functional groups attached to an aromatic ring is 1. The number of benzene rings is 1. The van der Waals surface area contributed by atoms with Gasteiger partial charge in [-0.25, -0.2) is 4.79 Å². The van der Waals surface area contributed by atoms with Gasteiger partial charge < -0.3 is 5.73 Å². The molecule has 1 heterocycles. The van der Waals surface area contributed by atoms with E-state index >= 15 is 0 Å². The molecule has 1 aliphatic rings. The van der Waals surface area contributed by atoms with Crippen LogP contribution in [0, 0.1) is 0 Å². The third-order valence-electron chi connectivity index (χ3n) is 3.30. The van der Waals surface area contributed by atoms with E-state index in [1.807, 2.05) is 35.2 Å². The number of halogens is 1. The molecule has 0 bridgehead atoms. The van der Waals surface area contributed by atoms with Crippen molar-refractivity contribution in [2.75, 3.05) is 5.73 Å². The molecule has 1 aromatic heterocycles. The Morgan fingerprint density at radius 2 is 2.11 bits per heavy atom. The first-order valence-electron chi connectivity index (χ1n) is 5.97. The van der Waals surface area contributed by atoms with Crippen LogP contribution in [0.3, 0.4) is 0 Å². The van der Waals surface area contributed by atoms with Crippen molar-refractivity contribution in [3.8, 4) is 0 Å². The maximum absolute atomic E-state index is 12.1. The summed E-state index contributed by atoms with van der Waals surface area (Å²) in [7, 11) is 0. The summed E-state index contributed by atoms with van der Waals surface area (Å²) in [4.78, 5) is 12.1. The maximum atomic E-state index is 12.1. The number of nitrogens with zero attached hydrogens (tertiary/aromatic N) is 2. The average molecular weight is 308 g/mol. The van der Waals surface area contributed by atoms with Crippen LogP contribution < -0.4 is 11.4 Å². The molecule has 0 radical (unpaired) electrons. The van der Waals surface area contributed by atoms with Crippen LogP contribution in [-0.2, 0) is 6.54 Å². The summed E-state index contributed by atoms with van der Waals surface area (Å²) in [6, 6.07) is 6.09. The molecule has 18 heavy (non-hydrogen) atoms. The molecular weight excluding hydrogens is 294 g/mol. The van der Waals surface area contributed by atoms with Crippen molar-refractivity contribution < 1.29 is 0 Å². The molecule has 0 amide bonds. The van der Waals surface area contributed by atoms with Crippen LogP contribution in [0.5, 0.6) is 0 Å². The number of hydrogen-bond acceptors (Lipinski definition) is 2. The minimum atomic E-state index is 0.0488. The fraction of sp³-hybridized carbons (Fsp3) is 0.308. The van der Waals surface area contributed by atoms with E-state index in [1.165, 1.54) is 0 Å². The smallest absolute Gasteiger partial charge is 0.328 e. The highest BCUT2D eigenvalue weighted by atomic mass is 79.9. The van der Waals surface area contributed by atoms with Crippen molar-refractivity contribution in [3.63, 3.8) is 0 Å². The largest absolute Gasteiger partial charge is 0.398 e. The molecule has 2 aromatic rings. The van der Waals surface area contributed by atoms with E-state index in [4.69, 9.17) is 5.73 Å². The summed E-state index contributed by atoms with van der Waals surface area (Å²) in [6.07, 6.45) is 5.93. The average Bonchev–Trinajstić information content (AvgIpc) is 3.11. The summed E-state index contributed by atoms with van der Waals surface area (Å²) in [5.41, 5.74) is 7.65. The number of aromatic nitrogens is 2. The Morgan fingerprint density at radius 3 is 2.78 bits per heavy atom. The van der Waals surface area contributed by atoms with Gasteiger partial charge in [0.25, 0.3) is 0 Å². The van der Waals surface area contributed by atoms with E-state index < -0.39 is 0 Å². The molecule has 3 rings (SSSR count). The Bertz CT molecular complexity index is 620. The minimum absolute atomic E-state index is 0.0488. The van der Waals surface area contributed by atoms with Crippen LogP contribution >= 0.6 is 15.9 Å². The van der Waals surface area contributed by atoms with Crippen molar-refractivity contribution in [1.29, 1.82) is 0 Å². The normalized spacial score (nSPS) is 14.9. The van der Waals surface area contributed by atoms with Gasteiger partial charge in [-0.1, -0.05) is 22.0 Å². The highest BCUT2D eigenvalue weighted by Gasteiger charge is 2.25. The van der Waals surface area contributed by atoms with Gasteiger partial charge >= 0.3 is 5.69 Å². The Morgan fingerprint density at radius 1 is 1.33 bits per heavy atom. The summed E-state index contributed by atoms with van der Waals surface area (Å²) in [6.45, 7) is 0.506. The molecule has 0 saturated heterocycles. The molecule has 2 N–H and O–H groups in total. The molecule has 1 aromatic carbocycles. The first kappa shape index (κ1) is 11.6. The summed E-state index contributed by atoms with van der Waals surface area (Å²) >= 11 is 3.48. The first-order chi connectivity index (χ1) is 8.66. The van der Waals surface area contributed by atoms with Gasteiger partial charge in [0, 0.05) is 34.2 Å². The molecule has 5 heteroatoms. The SMILES string of the molecule is Nc1cccc(Br)c1Cn1ccn(C2CC2)c1=O. The van der Waals surface area contributed by atoms with Gasteiger partial charge in [0.1, 0.15) is 0 Å². The van der Waals surface area contributed by atoms with Crippen LogP contribution in [0.25, 0.3) is 0 Å². The molecule has 94 valence electrons. The lowest BCUT2D eigenvalue weighted by Gasteiger charge is -2.08. The van der Waals surface area contributed by atoms with Crippen LogP contribution in [0.1, 0.15) is 24.4 Å². The molecule has 4 nitrogen and oxygen atoms in total. The van der Waals surface area contributed by atoms with Crippen molar-refractivity contribution in [1.82, 2.24) is 9.13 Å². The van der Waals surface area contributed by atoms with Gasteiger partial charge in [-0.2, -0.15) is 0 Å². The number of rotatable bonds is 3. The van der Waals surface area contributed by atoms with Gasteiger partial charge in [0.2, 0.25) is 0 Å².